The Morgan fingerprint density at radius 2 is 0.221 bits per heavy atom. The van der Waals surface area contributed by atoms with E-state index in [0.717, 1.165) is 0 Å². The Bertz CT molecular complexity index is 7370. The van der Waals surface area contributed by atoms with E-state index >= 15 is 0 Å². The average Bonchev–Trinajstić information content (AvgIpc) is 1.10. The van der Waals surface area contributed by atoms with E-state index in [-0.39, 0.29) is 0 Å². The fraction of sp³-hybridized carbons (Fsp3) is 0.00990. The fourth-order valence-corrected chi connectivity index (χ4v) is 4.62. The third-order valence-corrected chi connectivity index (χ3v) is 9.20. The van der Waals surface area contributed by atoms with Crippen molar-refractivity contribution in [3.8, 4) is 592 Å². The van der Waals surface area contributed by atoms with Crippen LogP contribution in [0, 0.1) is 592 Å². The largest absolute Gasteiger partial charge is 0.147 e. The molecule has 0 aromatic rings. The van der Waals surface area contributed by atoms with Crippen molar-refractivity contribution in [1.82, 2.24) is 0 Å². The molecule has 3 heteroatoms. The summed E-state index contributed by atoms with van der Waals surface area (Å²) in [4.78, 5) is 0. The minimum atomic E-state index is -2.36. The Morgan fingerprint density at radius 3 is 0.308 bits per heavy atom. The van der Waals surface area contributed by atoms with E-state index in [4.69, 9.17) is 18.2 Å². The van der Waals surface area contributed by atoms with Gasteiger partial charge in [0.05, 0.1) is 0 Å². The zero-order chi connectivity index (χ0) is 74.5. The molecule has 0 saturated heterocycles. The number of terminal acetylenes is 1. The lowest BCUT2D eigenvalue weighted by atomic mass is 10.4. The second-order valence-corrected chi connectivity index (χ2v) is 22.5. The number of hydrogen-bond acceptors (Lipinski definition) is 1. The van der Waals surface area contributed by atoms with Crippen LogP contribution in [-0.4, -0.2) is 0 Å². The predicted molar refractivity (Wildman–Crippen MR) is 424 cm³/mol. The van der Waals surface area contributed by atoms with Crippen molar-refractivity contribution in [3.05, 3.63) is 0 Å². The van der Waals surface area contributed by atoms with Crippen LogP contribution in [0.15, 0.2) is 0 Å². The Kier molecular flexibility index (Phi) is 61.4. The van der Waals surface area contributed by atoms with Crippen LogP contribution >= 0.6 is 25.7 Å². The lowest BCUT2D eigenvalue weighted by Crippen LogP contribution is -1.60. The molecule has 0 aliphatic rings. The van der Waals surface area contributed by atoms with Gasteiger partial charge in [-0.2, -0.15) is 0 Å². The summed E-state index contributed by atoms with van der Waals surface area (Å²) in [6.45, 7) is 1.68. The summed E-state index contributed by atoms with van der Waals surface area (Å²) < 4.78 is -2.36. The zero-order valence-corrected chi connectivity index (χ0v) is 56.2. The molecule has 0 aliphatic heterocycles. The van der Waals surface area contributed by atoms with Crippen molar-refractivity contribution >= 4 is 37.5 Å². The van der Waals surface area contributed by atoms with E-state index in [2.05, 4.69) is 586 Å². The van der Waals surface area contributed by atoms with Gasteiger partial charge in [-0.3, -0.25) is 0 Å². The highest BCUT2D eigenvalue weighted by Gasteiger charge is 2.01. The fourth-order valence-electron chi connectivity index (χ4n) is 3.17. The molecule has 104 heavy (non-hydrogen) atoms. The van der Waals surface area contributed by atoms with Gasteiger partial charge in [0.1, 0.15) is 3.68 Å². The van der Waals surface area contributed by atoms with Gasteiger partial charge in [0.15, 0.2) is 0 Å². The molecule has 0 amide bonds. The topological polar surface area (TPSA) is 0 Å². The molecule has 0 rings (SSSR count). The van der Waals surface area contributed by atoms with Gasteiger partial charge >= 0.3 is 0 Å². The van der Waals surface area contributed by atoms with Gasteiger partial charge in [0.25, 0.3) is 0 Å². The molecule has 0 saturated carbocycles. The first-order chi connectivity index (χ1) is 51.6. The summed E-state index contributed by atoms with van der Waals surface area (Å²) in [5.74, 6) is 243. The van der Waals surface area contributed by atoms with Crippen LogP contribution in [0.3, 0.4) is 0 Å². The normalized spacial score (nSPS) is 4.82. The highest BCUT2D eigenvalue weighted by Crippen LogP contribution is 2.52. The van der Waals surface area contributed by atoms with Crippen LogP contribution in [0.5, 0.6) is 0 Å². The lowest BCUT2D eigenvalue weighted by Gasteiger charge is -1.90. The van der Waals surface area contributed by atoms with Gasteiger partial charge in [0.2, 0.25) is 0 Å². The van der Waals surface area contributed by atoms with Crippen LogP contribution in [0.2, 0.25) is 0 Å². The zero-order valence-electron chi connectivity index (χ0n) is 52.3. The SMILES string of the molecule is C#CC#CC#CC#CC#CC#CC#CC#CC#CC#CC#CC#CC#CC#CC#CC#CC#CC#CC#CC#CC#CC#CC#CC#CC#CP(=S)(I)C#CC#CC#CC#CC#CC#CC#CC#CC#CC#CC#CC#CC#CC#CC#CC#CC#CC#CC#CC#CC#CC#CC#CC#CC#CC. The van der Waals surface area contributed by atoms with Crippen LogP contribution in [0.25, 0.3) is 0 Å². The number of hydrogen-bond donors (Lipinski definition) is 0. The third kappa shape index (κ3) is 77.5. The van der Waals surface area contributed by atoms with Crippen molar-refractivity contribution in [1.29, 1.82) is 0 Å². The summed E-state index contributed by atoms with van der Waals surface area (Å²) in [5.41, 5.74) is 5.67. The molecule has 0 aromatic carbocycles. The van der Waals surface area contributed by atoms with Gasteiger partial charge in [-0.05, 0) is 230 Å². The molecule has 0 aliphatic carbocycles. The Labute approximate surface area is 631 Å². The highest BCUT2D eigenvalue weighted by atomic mass is 127. The minimum Gasteiger partial charge on any atom is -0.106 e. The molecule has 0 heterocycles. The summed E-state index contributed by atoms with van der Waals surface area (Å²) >= 11 is 7.42. The maximum absolute atomic E-state index is 5.43. The second-order valence-electron chi connectivity index (χ2n) is 13.0. The molecule has 0 nitrogen and oxygen atoms in total. The summed E-state index contributed by atoms with van der Waals surface area (Å²) in [6, 6.07) is 0. The molecular formula is C101H4IPS. The van der Waals surface area contributed by atoms with Crippen molar-refractivity contribution < 1.29 is 0 Å². The molecule has 1 unspecified atom stereocenters. The van der Waals surface area contributed by atoms with E-state index in [9.17, 15) is 0 Å². The third-order valence-electron chi connectivity index (χ3n) is 6.41. The monoisotopic (exact) mass is 1410 g/mol. The van der Waals surface area contributed by atoms with Crippen LogP contribution < -0.4 is 0 Å². The van der Waals surface area contributed by atoms with Crippen LogP contribution in [-0.2, 0) is 11.8 Å². The summed E-state index contributed by atoms with van der Waals surface area (Å²) in [6.07, 6.45) is 4.95. The molecule has 426 valence electrons. The van der Waals surface area contributed by atoms with Gasteiger partial charge in [-0.1, -0.05) is 17.7 Å². The van der Waals surface area contributed by atoms with E-state index < -0.39 is 3.68 Å². The second kappa shape index (κ2) is 76.6. The van der Waals surface area contributed by atoms with Crippen molar-refractivity contribution in [2.75, 3.05) is 0 Å². The number of rotatable bonds is 0. The lowest BCUT2D eigenvalue weighted by molar-refractivity contribution is 1.92. The summed E-state index contributed by atoms with van der Waals surface area (Å²) in [5, 5.41) is 0. The van der Waals surface area contributed by atoms with E-state index in [1.54, 1.807) is 6.92 Å². The Morgan fingerprint density at radius 1 is 0.144 bits per heavy atom. The molecule has 0 aromatic heterocycles. The Balaban J connectivity index is 4.75. The van der Waals surface area contributed by atoms with Crippen molar-refractivity contribution in [2.45, 2.75) is 6.92 Å². The maximum Gasteiger partial charge on any atom is 0.147 e. The minimum absolute atomic E-state index is 1.68. The van der Waals surface area contributed by atoms with Gasteiger partial charge in [-0.15, -0.1) is 6.42 Å². The van der Waals surface area contributed by atoms with Gasteiger partial charge < -0.3 is 0 Å². The van der Waals surface area contributed by atoms with Crippen molar-refractivity contribution in [3.63, 3.8) is 0 Å². The van der Waals surface area contributed by atoms with Gasteiger partial charge in [-0.25, -0.2) is 0 Å². The number of halogens is 1. The smallest absolute Gasteiger partial charge is 0.106 e. The molecule has 0 radical (unpaired) electrons. The molecule has 1 atom stereocenters. The van der Waals surface area contributed by atoms with Crippen LogP contribution in [0.1, 0.15) is 6.92 Å². The Hall–Kier alpha value is -20.6. The molecule has 0 fully saturated rings. The predicted octanol–water partition coefficient (Wildman–Crippen LogP) is 2.55. The average molecular weight is 1410 g/mol. The summed E-state index contributed by atoms with van der Waals surface area (Å²) in [7, 11) is 0. The maximum atomic E-state index is 5.43. The quantitative estimate of drug-likeness (QED) is 0.205. The first-order valence-electron chi connectivity index (χ1n) is 25.8. The molecule has 0 N–H and O–H groups in total. The molecular weight excluding hydrogens is 1400 g/mol. The molecule has 0 bridgehead atoms. The van der Waals surface area contributed by atoms with Crippen molar-refractivity contribution in [2.24, 2.45) is 0 Å². The highest BCUT2D eigenvalue weighted by molar-refractivity contribution is 14.2. The standard InChI is InChI=1S/C101H4IPS/c1-3-5-7-9-11-13-15-17-19-21-23-25-27-29-31-33-35-37-39-41-43-45-47-49-51-53-55-57-59-61-63-65-67-69-71-73-75-77-79-81-83-85-87-89-91-93-95-97-99-101-103(102,104)100-98-96-94-92-90-88-86-84-82-80-78-76-74-72-70-68-66-64-62-60-58-56-54-52-50-48-46-44-42-40-38-36-34-32-30-28-26-24-22-20-18-16-14-12-10-8-6-4-2/h2H,1H3. The van der Waals surface area contributed by atoms with E-state index in [1.165, 1.54) is 0 Å². The first kappa shape index (κ1) is 83.4. The van der Waals surface area contributed by atoms with Gasteiger partial charge in [0, 0.05) is 379 Å². The van der Waals surface area contributed by atoms with E-state index in [1.807, 2.05) is 22.0 Å². The van der Waals surface area contributed by atoms with Crippen LogP contribution in [0.4, 0.5) is 0 Å². The van der Waals surface area contributed by atoms with E-state index in [0.29, 0.717) is 0 Å². The molecule has 0 spiro atoms. The first-order valence-corrected chi connectivity index (χ1v) is 31.4.